The normalized spacial score (nSPS) is 16.9. The molecule has 1 fully saturated rings. The first-order chi connectivity index (χ1) is 15.2. The second-order valence-electron chi connectivity index (χ2n) is 7.41. The lowest BCUT2D eigenvalue weighted by Gasteiger charge is -2.32. The summed E-state index contributed by atoms with van der Waals surface area (Å²) in [6, 6.07) is 7.82. The van der Waals surface area contributed by atoms with Crippen LogP contribution >= 0.6 is 0 Å². The summed E-state index contributed by atoms with van der Waals surface area (Å²) < 4.78 is 16.4. The van der Waals surface area contributed by atoms with Crippen LogP contribution in [0.3, 0.4) is 0 Å². The van der Waals surface area contributed by atoms with Crippen molar-refractivity contribution in [1.82, 2.24) is 24.8 Å². The molecule has 0 N–H and O–H groups in total. The molecule has 0 aliphatic carbocycles. The maximum atomic E-state index is 6.02. The minimum Gasteiger partial charge on any atom is -0.497 e. The number of hydrogen-bond acceptors (Lipinski definition) is 8. The van der Waals surface area contributed by atoms with Gasteiger partial charge in [-0.1, -0.05) is 12.1 Å². The van der Waals surface area contributed by atoms with Gasteiger partial charge in [0.15, 0.2) is 0 Å². The van der Waals surface area contributed by atoms with Gasteiger partial charge >= 0.3 is 0 Å². The fourth-order valence-corrected chi connectivity index (χ4v) is 3.53. The molecule has 0 spiro atoms. The third-order valence-electron chi connectivity index (χ3n) is 5.19. The largest absolute Gasteiger partial charge is 0.497 e. The van der Waals surface area contributed by atoms with Crippen molar-refractivity contribution in [2.75, 3.05) is 40.5 Å². The number of methoxy groups -OCH3 is 2. The van der Waals surface area contributed by atoms with Crippen molar-refractivity contribution in [3.8, 4) is 17.0 Å². The SMILES string of the molecule is COCCc1ncc(CN2CCO[C@@H](c3cncc(-c4cccc(OC)c4)n3)C2)cn1. The number of rotatable bonds is 8. The molecule has 1 aliphatic heterocycles. The van der Waals surface area contributed by atoms with Gasteiger partial charge in [-0.2, -0.15) is 0 Å². The monoisotopic (exact) mass is 421 g/mol. The fraction of sp³-hybridized carbons (Fsp3) is 0.391. The van der Waals surface area contributed by atoms with Gasteiger partial charge in [-0.3, -0.25) is 9.88 Å². The van der Waals surface area contributed by atoms with Crippen molar-refractivity contribution in [2.24, 2.45) is 0 Å². The molecule has 1 aliphatic rings. The van der Waals surface area contributed by atoms with Crippen LogP contribution in [0.25, 0.3) is 11.3 Å². The standard InChI is InChI=1S/C23H27N5O3/c1-29-8-6-23-25-11-17(12-26-23)15-28-7-9-31-22(16-28)21-14-24-13-20(27-21)18-4-3-5-19(10-18)30-2/h3-5,10-14,22H,6-9,15-16H2,1-2H3/t22-/m1/s1. The van der Waals surface area contributed by atoms with E-state index < -0.39 is 0 Å². The molecule has 1 atom stereocenters. The van der Waals surface area contributed by atoms with Gasteiger partial charge in [0.2, 0.25) is 0 Å². The molecule has 3 aromatic rings. The van der Waals surface area contributed by atoms with Gasteiger partial charge in [-0.05, 0) is 12.1 Å². The van der Waals surface area contributed by atoms with Crippen LogP contribution in [-0.4, -0.2) is 65.4 Å². The van der Waals surface area contributed by atoms with Crippen molar-refractivity contribution >= 4 is 0 Å². The highest BCUT2D eigenvalue weighted by Crippen LogP contribution is 2.25. The van der Waals surface area contributed by atoms with Crippen LogP contribution in [0.15, 0.2) is 49.1 Å². The predicted octanol–water partition coefficient (Wildman–Crippen LogP) is 2.70. The summed E-state index contributed by atoms with van der Waals surface area (Å²) in [7, 11) is 3.34. The minimum atomic E-state index is -0.131. The Kier molecular flexibility index (Phi) is 7.14. The molecule has 0 bridgehead atoms. The van der Waals surface area contributed by atoms with Gasteiger partial charge < -0.3 is 14.2 Å². The van der Waals surface area contributed by atoms with Crippen molar-refractivity contribution in [3.63, 3.8) is 0 Å². The first kappa shape index (κ1) is 21.3. The first-order valence-corrected chi connectivity index (χ1v) is 10.3. The third-order valence-corrected chi connectivity index (χ3v) is 5.19. The molecule has 8 heteroatoms. The summed E-state index contributed by atoms with van der Waals surface area (Å²) in [6.07, 6.45) is 7.93. The Morgan fingerprint density at radius 3 is 2.81 bits per heavy atom. The van der Waals surface area contributed by atoms with Gasteiger partial charge in [0.05, 0.1) is 44.1 Å². The van der Waals surface area contributed by atoms with Crippen LogP contribution < -0.4 is 4.74 Å². The molecule has 8 nitrogen and oxygen atoms in total. The van der Waals surface area contributed by atoms with Gasteiger partial charge in [-0.15, -0.1) is 0 Å². The van der Waals surface area contributed by atoms with Crippen molar-refractivity contribution in [2.45, 2.75) is 19.1 Å². The Morgan fingerprint density at radius 2 is 2.00 bits per heavy atom. The number of nitrogens with zero attached hydrogens (tertiary/aromatic N) is 5. The summed E-state index contributed by atoms with van der Waals surface area (Å²) in [6.45, 7) is 3.63. The minimum absolute atomic E-state index is 0.131. The zero-order chi connectivity index (χ0) is 21.5. The molecule has 1 aromatic carbocycles. The highest BCUT2D eigenvalue weighted by atomic mass is 16.5. The molecule has 0 amide bonds. The molecule has 0 unspecified atom stereocenters. The molecule has 4 rings (SSSR count). The Balaban J connectivity index is 1.42. The van der Waals surface area contributed by atoms with Crippen LogP contribution in [0.4, 0.5) is 0 Å². The summed E-state index contributed by atoms with van der Waals surface area (Å²) in [5.41, 5.74) is 3.68. The quantitative estimate of drug-likeness (QED) is 0.549. The smallest absolute Gasteiger partial charge is 0.130 e. The lowest BCUT2D eigenvalue weighted by Crippen LogP contribution is -2.38. The van der Waals surface area contributed by atoms with Crippen LogP contribution in [0, 0.1) is 0 Å². The number of hydrogen-bond donors (Lipinski definition) is 0. The zero-order valence-electron chi connectivity index (χ0n) is 17.9. The molecular formula is C23H27N5O3. The summed E-state index contributed by atoms with van der Waals surface area (Å²) in [5.74, 6) is 1.59. The Hall–Kier alpha value is -2.94. The number of morpholine rings is 1. The van der Waals surface area contributed by atoms with Gasteiger partial charge in [-0.25, -0.2) is 15.0 Å². The number of benzene rings is 1. The average Bonchev–Trinajstić information content (AvgIpc) is 2.84. The van der Waals surface area contributed by atoms with Crippen molar-refractivity contribution in [1.29, 1.82) is 0 Å². The zero-order valence-corrected chi connectivity index (χ0v) is 17.9. The van der Waals surface area contributed by atoms with E-state index in [2.05, 4.69) is 19.9 Å². The van der Waals surface area contributed by atoms with E-state index in [-0.39, 0.29) is 6.10 Å². The lowest BCUT2D eigenvalue weighted by atomic mass is 10.1. The van der Waals surface area contributed by atoms with E-state index in [1.165, 1.54) is 0 Å². The van der Waals surface area contributed by atoms with E-state index in [9.17, 15) is 0 Å². The maximum Gasteiger partial charge on any atom is 0.130 e. The molecule has 2 aromatic heterocycles. The molecule has 0 radical (unpaired) electrons. The topological polar surface area (TPSA) is 82.5 Å². The van der Waals surface area contributed by atoms with Crippen LogP contribution in [0.5, 0.6) is 5.75 Å². The van der Waals surface area contributed by atoms with Crippen molar-refractivity contribution < 1.29 is 14.2 Å². The Morgan fingerprint density at radius 1 is 1.13 bits per heavy atom. The van der Waals surface area contributed by atoms with Crippen LogP contribution in [0.1, 0.15) is 23.2 Å². The summed E-state index contributed by atoms with van der Waals surface area (Å²) in [5, 5.41) is 0. The second kappa shape index (κ2) is 10.4. The van der Waals surface area contributed by atoms with Gasteiger partial charge in [0.1, 0.15) is 17.7 Å². The third kappa shape index (κ3) is 5.61. The van der Waals surface area contributed by atoms with Crippen LogP contribution in [0.2, 0.25) is 0 Å². The molecular weight excluding hydrogens is 394 g/mol. The maximum absolute atomic E-state index is 6.02. The summed E-state index contributed by atoms with van der Waals surface area (Å²) in [4.78, 5) is 20.4. The average molecular weight is 422 g/mol. The van der Waals surface area contributed by atoms with Gasteiger partial charge in [0.25, 0.3) is 0 Å². The van der Waals surface area contributed by atoms with E-state index in [0.717, 1.165) is 60.1 Å². The lowest BCUT2D eigenvalue weighted by molar-refractivity contribution is -0.0351. The van der Waals surface area contributed by atoms with E-state index in [0.29, 0.717) is 13.2 Å². The van der Waals surface area contributed by atoms with Gasteiger partial charge in [0, 0.05) is 56.7 Å². The van der Waals surface area contributed by atoms with Crippen LogP contribution in [-0.2, 0) is 22.4 Å². The predicted molar refractivity (Wildman–Crippen MR) is 116 cm³/mol. The first-order valence-electron chi connectivity index (χ1n) is 10.3. The molecule has 31 heavy (non-hydrogen) atoms. The molecule has 3 heterocycles. The molecule has 1 saturated heterocycles. The molecule has 0 saturated carbocycles. The number of aromatic nitrogens is 4. The van der Waals surface area contributed by atoms with E-state index in [4.69, 9.17) is 19.2 Å². The van der Waals surface area contributed by atoms with E-state index in [1.54, 1.807) is 26.6 Å². The second-order valence-corrected chi connectivity index (χ2v) is 7.41. The summed E-state index contributed by atoms with van der Waals surface area (Å²) >= 11 is 0. The molecule has 162 valence electrons. The number of ether oxygens (including phenoxy) is 3. The highest BCUT2D eigenvalue weighted by Gasteiger charge is 2.24. The fourth-order valence-electron chi connectivity index (χ4n) is 3.53. The Labute approximate surface area is 182 Å². The Bertz CT molecular complexity index is 983. The van der Waals surface area contributed by atoms with E-state index in [1.807, 2.05) is 36.7 Å². The highest BCUT2D eigenvalue weighted by molar-refractivity contribution is 5.60. The van der Waals surface area contributed by atoms with E-state index >= 15 is 0 Å². The van der Waals surface area contributed by atoms with Crippen molar-refractivity contribution in [3.05, 3.63) is 66.1 Å².